The zero-order chi connectivity index (χ0) is 20.3. The number of carboxylic acids is 1. The minimum absolute atomic E-state index is 0.0907. The number of carbonyl (C=O) groups excluding carboxylic acids is 1. The van der Waals surface area contributed by atoms with E-state index in [1.807, 2.05) is 41.7 Å². The zero-order valence-corrected chi connectivity index (χ0v) is 16.7. The molecule has 7 nitrogen and oxygen atoms in total. The summed E-state index contributed by atoms with van der Waals surface area (Å²) in [6, 6.07) is 4.45. The number of carbonyl (C=O) groups is 2. The molecular weight excluding hydrogens is 346 g/mol. The van der Waals surface area contributed by atoms with Gasteiger partial charge in [-0.15, -0.1) is 0 Å². The van der Waals surface area contributed by atoms with Gasteiger partial charge < -0.3 is 15.2 Å². The number of hydrogen-bond acceptors (Lipinski definition) is 4. The van der Waals surface area contributed by atoms with E-state index in [2.05, 4.69) is 10.4 Å². The number of anilines is 1. The van der Waals surface area contributed by atoms with E-state index in [4.69, 9.17) is 4.74 Å². The van der Waals surface area contributed by atoms with Crippen LogP contribution in [0.1, 0.15) is 48.1 Å². The van der Waals surface area contributed by atoms with Gasteiger partial charge in [0.1, 0.15) is 5.75 Å². The van der Waals surface area contributed by atoms with E-state index >= 15 is 0 Å². The number of nitrogens with one attached hydrogen (secondary N) is 1. The highest BCUT2D eigenvalue weighted by Gasteiger charge is 2.20. The predicted molar refractivity (Wildman–Crippen MR) is 103 cm³/mol. The Kier molecular flexibility index (Phi) is 6.25. The van der Waals surface area contributed by atoms with Gasteiger partial charge in [-0.2, -0.15) is 5.10 Å². The summed E-state index contributed by atoms with van der Waals surface area (Å²) >= 11 is 0. The van der Waals surface area contributed by atoms with Crippen molar-refractivity contribution < 1.29 is 19.4 Å². The molecule has 0 radical (unpaired) electrons. The Balaban J connectivity index is 2.22. The fourth-order valence-electron chi connectivity index (χ4n) is 2.89. The van der Waals surface area contributed by atoms with E-state index in [0.29, 0.717) is 17.9 Å². The van der Waals surface area contributed by atoms with Crippen molar-refractivity contribution in [1.82, 2.24) is 9.78 Å². The Hall–Kier alpha value is -2.83. The SMILES string of the molecule is Cc1nn(C)c(C)c1CC(C)C(=O)Nc1cc(C(=O)O)ccc1OC(C)C. The zero-order valence-electron chi connectivity index (χ0n) is 16.7. The smallest absolute Gasteiger partial charge is 0.335 e. The average Bonchev–Trinajstić information content (AvgIpc) is 2.81. The number of hydrogen-bond donors (Lipinski definition) is 2. The van der Waals surface area contributed by atoms with Gasteiger partial charge >= 0.3 is 5.97 Å². The second-order valence-corrected chi connectivity index (χ2v) is 7.05. The van der Waals surface area contributed by atoms with Gasteiger partial charge in [0.15, 0.2) is 0 Å². The second kappa shape index (κ2) is 8.24. The third-order valence-corrected chi connectivity index (χ3v) is 4.46. The first-order valence-electron chi connectivity index (χ1n) is 8.94. The van der Waals surface area contributed by atoms with Crippen molar-refractivity contribution in [3.8, 4) is 5.75 Å². The molecule has 0 aliphatic rings. The third kappa shape index (κ3) is 4.87. The van der Waals surface area contributed by atoms with Crippen LogP contribution in [0.25, 0.3) is 0 Å². The third-order valence-electron chi connectivity index (χ3n) is 4.46. The number of aryl methyl sites for hydroxylation is 2. The highest BCUT2D eigenvalue weighted by atomic mass is 16.5. The monoisotopic (exact) mass is 373 g/mol. The first kappa shape index (κ1) is 20.5. The summed E-state index contributed by atoms with van der Waals surface area (Å²) in [5.74, 6) is -1.12. The topological polar surface area (TPSA) is 93.5 Å². The van der Waals surface area contributed by atoms with E-state index in [1.54, 1.807) is 10.7 Å². The standard InChI is InChI=1S/C20H27N3O4/c1-11(2)27-18-8-7-15(20(25)26)10-17(18)21-19(24)12(3)9-16-13(4)22-23(6)14(16)5/h7-8,10-12H,9H2,1-6H3,(H,21,24)(H,25,26). The Morgan fingerprint density at radius 3 is 2.44 bits per heavy atom. The number of aromatic nitrogens is 2. The van der Waals surface area contributed by atoms with E-state index < -0.39 is 5.97 Å². The van der Waals surface area contributed by atoms with Crippen LogP contribution in [0.3, 0.4) is 0 Å². The normalized spacial score (nSPS) is 12.1. The van der Waals surface area contributed by atoms with E-state index in [1.165, 1.54) is 12.1 Å². The van der Waals surface area contributed by atoms with Crippen LogP contribution in [-0.4, -0.2) is 32.9 Å². The molecule has 2 N–H and O–H groups in total. The number of ether oxygens (including phenoxy) is 1. The Bertz CT molecular complexity index is 855. The van der Waals surface area contributed by atoms with Crippen molar-refractivity contribution in [1.29, 1.82) is 0 Å². The van der Waals surface area contributed by atoms with Gasteiger partial charge in [-0.25, -0.2) is 4.79 Å². The number of benzene rings is 1. The number of amides is 1. The minimum atomic E-state index is -1.06. The van der Waals surface area contributed by atoms with Gasteiger partial charge in [-0.1, -0.05) is 6.92 Å². The van der Waals surface area contributed by atoms with E-state index in [0.717, 1.165) is 17.0 Å². The summed E-state index contributed by atoms with van der Waals surface area (Å²) in [4.78, 5) is 24.0. The maximum absolute atomic E-state index is 12.7. The molecule has 7 heteroatoms. The van der Waals surface area contributed by atoms with Gasteiger partial charge in [-0.05, 0) is 57.9 Å². The lowest BCUT2D eigenvalue weighted by atomic mass is 9.98. The second-order valence-electron chi connectivity index (χ2n) is 7.05. The van der Waals surface area contributed by atoms with E-state index in [9.17, 15) is 14.7 Å². The number of carboxylic acid groups (broad SMARTS) is 1. The number of nitrogens with zero attached hydrogens (tertiary/aromatic N) is 2. The van der Waals surface area contributed by atoms with Crippen LogP contribution >= 0.6 is 0 Å². The summed E-state index contributed by atoms with van der Waals surface area (Å²) in [5.41, 5.74) is 3.45. The summed E-state index contributed by atoms with van der Waals surface area (Å²) in [6.45, 7) is 9.48. The van der Waals surface area contributed by atoms with Gasteiger partial charge in [0, 0.05) is 18.7 Å². The number of aromatic carboxylic acids is 1. The Labute approximate surface area is 159 Å². The summed E-state index contributed by atoms with van der Waals surface area (Å²) in [7, 11) is 1.88. The van der Waals surface area contributed by atoms with Crippen LogP contribution in [0.15, 0.2) is 18.2 Å². The summed E-state index contributed by atoms with van der Waals surface area (Å²) < 4.78 is 7.51. The lowest BCUT2D eigenvalue weighted by Gasteiger charge is -2.18. The molecule has 1 atom stereocenters. The molecule has 1 aromatic heterocycles. The molecule has 146 valence electrons. The van der Waals surface area contributed by atoms with Crippen LogP contribution in [0.2, 0.25) is 0 Å². The molecular formula is C20H27N3O4. The van der Waals surface area contributed by atoms with Gasteiger partial charge in [-0.3, -0.25) is 9.48 Å². The first-order chi connectivity index (χ1) is 12.6. The lowest BCUT2D eigenvalue weighted by Crippen LogP contribution is -2.23. The van der Waals surface area contributed by atoms with Crippen molar-refractivity contribution in [2.45, 2.75) is 47.1 Å². The molecule has 0 fully saturated rings. The minimum Gasteiger partial charge on any atom is -0.489 e. The van der Waals surface area contributed by atoms with Crippen molar-refractivity contribution in [2.24, 2.45) is 13.0 Å². The lowest BCUT2D eigenvalue weighted by molar-refractivity contribution is -0.119. The molecule has 1 unspecified atom stereocenters. The fourth-order valence-corrected chi connectivity index (χ4v) is 2.89. The first-order valence-corrected chi connectivity index (χ1v) is 8.94. The molecule has 0 aliphatic heterocycles. The van der Waals surface area contributed by atoms with E-state index in [-0.39, 0.29) is 23.5 Å². The fraction of sp³-hybridized carbons (Fsp3) is 0.450. The van der Waals surface area contributed by atoms with Gasteiger partial charge in [0.25, 0.3) is 0 Å². The molecule has 0 saturated heterocycles. The summed E-state index contributed by atoms with van der Waals surface area (Å²) in [5, 5.41) is 16.4. The molecule has 1 amide bonds. The molecule has 0 spiro atoms. The van der Waals surface area contributed by atoms with Crippen molar-refractivity contribution in [2.75, 3.05) is 5.32 Å². The van der Waals surface area contributed by atoms with Crippen LogP contribution < -0.4 is 10.1 Å². The quantitative estimate of drug-likeness (QED) is 0.776. The molecule has 0 bridgehead atoms. The number of rotatable bonds is 7. The summed E-state index contributed by atoms with van der Waals surface area (Å²) in [6.07, 6.45) is 0.450. The van der Waals surface area contributed by atoms with Crippen LogP contribution in [0, 0.1) is 19.8 Å². The average molecular weight is 373 g/mol. The molecule has 0 saturated carbocycles. The molecule has 0 aliphatic carbocycles. The van der Waals surface area contributed by atoms with Crippen LogP contribution in [0.4, 0.5) is 5.69 Å². The largest absolute Gasteiger partial charge is 0.489 e. The van der Waals surface area contributed by atoms with Gasteiger partial charge in [0.05, 0.1) is 23.0 Å². The van der Waals surface area contributed by atoms with Crippen LogP contribution in [-0.2, 0) is 18.3 Å². The molecule has 1 heterocycles. The molecule has 27 heavy (non-hydrogen) atoms. The highest BCUT2D eigenvalue weighted by Crippen LogP contribution is 2.28. The van der Waals surface area contributed by atoms with Crippen LogP contribution in [0.5, 0.6) is 5.75 Å². The maximum atomic E-state index is 12.7. The highest BCUT2D eigenvalue weighted by molar-refractivity contribution is 5.96. The van der Waals surface area contributed by atoms with Gasteiger partial charge in [0.2, 0.25) is 5.91 Å². The predicted octanol–water partition coefficient (Wildman–Crippen LogP) is 3.34. The molecule has 2 aromatic rings. The Morgan fingerprint density at radius 2 is 1.93 bits per heavy atom. The van der Waals surface area contributed by atoms with Crippen molar-refractivity contribution in [3.63, 3.8) is 0 Å². The Morgan fingerprint density at radius 1 is 1.26 bits per heavy atom. The van der Waals surface area contributed by atoms with Crippen molar-refractivity contribution >= 4 is 17.6 Å². The maximum Gasteiger partial charge on any atom is 0.335 e. The van der Waals surface area contributed by atoms with Crippen molar-refractivity contribution in [3.05, 3.63) is 40.7 Å². The molecule has 2 rings (SSSR count). The molecule has 1 aromatic carbocycles.